The highest BCUT2D eigenvalue weighted by molar-refractivity contribution is 7.12. The summed E-state index contributed by atoms with van der Waals surface area (Å²) in [5.74, 6) is -0.0713. The molecule has 0 bridgehead atoms. The van der Waals surface area contributed by atoms with Crippen LogP contribution in [0.4, 0.5) is 0 Å². The van der Waals surface area contributed by atoms with Crippen LogP contribution in [0.3, 0.4) is 0 Å². The van der Waals surface area contributed by atoms with Gasteiger partial charge in [0.05, 0.1) is 11.6 Å². The van der Waals surface area contributed by atoms with Gasteiger partial charge >= 0.3 is 0 Å². The quantitative estimate of drug-likeness (QED) is 0.865. The average molecular weight is 388 g/mol. The molecule has 144 valence electrons. The number of thiophene rings is 1. The molecule has 27 heavy (non-hydrogen) atoms. The van der Waals surface area contributed by atoms with Crippen molar-refractivity contribution in [3.05, 3.63) is 22.7 Å². The molecule has 1 aliphatic carbocycles. The van der Waals surface area contributed by atoms with Crippen molar-refractivity contribution < 1.29 is 9.59 Å². The predicted octanol–water partition coefficient (Wildman–Crippen LogP) is 2.02. The highest BCUT2D eigenvalue weighted by atomic mass is 32.1. The zero-order valence-corrected chi connectivity index (χ0v) is 16.0. The van der Waals surface area contributed by atoms with Gasteiger partial charge in [-0.2, -0.15) is 4.68 Å². The molecular weight excluding hydrogens is 364 g/mol. The minimum absolute atomic E-state index is 0.0503. The highest BCUT2D eigenvalue weighted by Crippen LogP contribution is 2.26. The van der Waals surface area contributed by atoms with Gasteiger partial charge < -0.3 is 10.2 Å². The maximum absolute atomic E-state index is 13.1. The number of carbonyl (C=O) groups is 2. The molecule has 2 fully saturated rings. The van der Waals surface area contributed by atoms with Crippen molar-refractivity contribution in [2.45, 2.75) is 51.0 Å². The maximum atomic E-state index is 13.1. The van der Waals surface area contributed by atoms with Gasteiger partial charge in [0, 0.05) is 19.1 Å². The van der Waals surface area contributed by atoms with Crippen molar-refractivity contribution >= 4 is 23.2 Å². The van der Waals surface area contributed by atoms with Crippen LogP contribution in [0.2, 0.25) is 0 Å². The summed E-state index contributed by atoms with van der Waals surface area (Å²) in [6.07, 6.45) is 8.97. The van der Waals surface area contributed by atoms with Gasteiger partial charge in [-0.3, -0.25) is 9.59 Å². The first-order valence-electron chi connectivity index (χ1n) is 9.63. The Labute approximate surface area is 161 Å². The molecule has 8 nitrogen and oxygen atoms in total. The fraction of sp³-hybridized carbons (Fsp3) is 0.611. The lowest BCUT2D eigenvalue weighted by Gasteiger charge is -2.33. The van der Waals surface area contributed by atoms with Crippen molar-refractivity contribution in [1.82, 2.24) is 30.4 Å². The van der Waals surface area contributed by atoms with Crippen LogP contribution in [0.25, 0.3) is 5.69 Å². The van der Waals surface area contributed by atoms with Crippen LogP contribution in [0.5, 0.6) is 0 Å². The third kappa shape index (κ3) is 4.02. The van der Waals surface area contributed by atoms with Crippen LogP contribution in [0.15, 0.2) is 17.8 Å². The Morgan fingerprint density at radius 2 is 2.00 bits per heavy atom. The SMILES string of the molecule is O=C(NC1CCCCC1)C1CCCN(C(=O)c2sccc2-n2cnnn2)C1. The van der Waals surface area contributed by atoms with E-state index in [2.05, 4.69) is 20.8 Å². The van der Waals surface area contributed by atoms with E-state index in [0.29, 0.717) is 29.7 Å². The Morgan fingerprint density at radius 3 is 2.78 bits per heavy atom. The number of amides is 2. The number of hydrogen-bond acceptors (Lipinski definition) is 6. The number of aromatic nitrogens is 4. The zero-order valence-electron chi connectivity index (χ0n) is 15.2. The smallest absolute Gasteiger partial charge is 0.266 e. The van der Waals surface area contributed by atoms with E-state index in [1.54, 1.807) is 4.90 Å². The molecule has 3 heterocycles. The molecule has 0 spiro atoms. The number of piperidine rings is 1. The van der Waals surface area contributed by atoms with Crippen molar-refractivity contribution in [1.29, 1.82) is 0 Å². The van der Waals surface area contributed by atoms with Crippen molar-refractivity contribution in [3.63, 3.8) is 0 Å². The maximum Gasteiger partial charge on any atom is 0.266 e. The molecule has 2 aliphatic rings. The van der Waals surface area contributed by atoms with Gasteiger partial charge in [-0.05, 0) is 47.6 Å². The summed E-state index contributed by atoms with van der Waals surface area (Å²) in [6.45, 7) is 1.16. The molecule has 0 radical (unpaired) electrons. The van der Waals surface area contributed by atoms with Gasteiger partial charge in [0.25, 0.3) is 5.91 Å². The lowest BCUT2D eigenvalue weighted by atomic mass is 9.93. The van der Waals surface area contributed by atoms with Crippen LogP contribution in [0.1, 0.15) is 54.6 Å². The first-order valence-corrected chi connectivity index (χ1v) is 10.5. The standard InChI is InChI=1S/C18H24N6O2S/c25-17(20-14-6-2-1-3-7-14)13-5-4-9-23(11-13)18(26)16-15(8-10-27-16)24-12-19-21-22-24/h8,10,12-14H,1-7,9,11H2,(H,20,25). The number of likely N-dealkylation sites (tertiary alicyclic amines) is 1. The van der Waals surface area contributed by atoms with Crippen molar-refractivity contribution in [3.8, 4) is 5.69 Å². The molecule has 2 amide bonds. The summed E-state index contributed by atoms with van der Waals surface area (Å²) in [7, 11) is 0. The molecular formula is C18H24N6O2S. The number of hydrogen-bond donors (Lipinski definition) is 1. The van der Waals surface area contributed by atoms with Gasteiger partial charge in [-0.1, -0.05) is 19.3 Å². The van der Waals surface area contributed by atoms with Gasteiger partial charge in [0.1, 0.15) is 11.2 Å². The fourth-order valence-corrected chi connectivity index (χ4v) is 4.85. The lowest BCUT2D eigenvalue weighted by Crippen LogP contribution is -2.47. The molecule has 2 aromatic rings. The Bertz CT molecular complexity index is 784. The summed E-state index contributed by atoms with van der Waals surface area (Å²) < 4.78 is 1.50. The fourth-order valence-electron chi connectivity index (χ4n) is 4.00. The first-order chi connectivity index (χ1) is 13.2. The van der Waals surface area contributed by atoms with Crippen LogP contribution in [-0.4, -0.2) is 56.1 Å². The first kappa shape index (κ1) is 18.1. The Hall–Kier alpha value is -2.29. The molecule has 0 aromatic carbocycles. The average Bonchev–Trinajstić information content (AvgIpc) is 3.39. The summed E-state index contributed by atoms with van der Waals surface area (Å²) in [5, 5.41) is 16.2. The number of rotatable bonds is 4. The van der Waals surface area contributed by atoms with E-state index in [0.717, 1.165) is 25.7 Å². The molecule has 1 saturated carbocycles. The van der Waals surface area contributed by atoms with Crippen LogP contribution >= 0.6 is 11.3 Å². The van der Waals surface area contributed by atoms with E-state index < -0.39 is 0 Å². The number of carbonyl (C=O) groups excluding carboxylic acids is 2. The predicted molar refractivity (Wildman–Crippen MR) is 101 cm³/mol. The second-order valence-electron chi connectivity index (χ2n) is 7.32. The van der Waals surface area contributed by atoms with E-state index >= 15 is 0 Å². The van der Waals surface area contributed by atoms with E-state index in [9.17, 15) is 9.59 Å². The van der Waals surface area contributed by atoms with Gasteiger partial charge in [0.2, 0.25) is 5.91 Å². The summed E-state index contributed by atoms with van der Waals surface area (Å²) in [6, 6.07) is 2.15. The number of nitrogens with one attached hydrogen (secondary N) is 1. The van der Waals surface area contributed by atoms with Crippen LogP contribution in [0, 0.1) is 5.92 Å². The molecule has 1 saturated heterocycles. The van der Waals surface area contributed by atoms with Crippen LogP contribution in [-0.2, 0) is 4.79 Å². The molecule has 2 aromatic heterocycles. The van der Waals surface area contributed by atoms with E-state index in [1.165, 1.54) is 41.6 Å². The van der Waals surface area contributed by atoms with Gasteiger partial charge in [-0.25, -0.2) is 0 Å². The highest BCUT2D eigenvalue weighted by Gasteiger charge is 2.31. The van der Waals surface area contributed by atoms with Crippen LogP contribution < -0.4 is 5.32 Å². The van der Waals surface area contributed by atoms with Crippen molar-refractivity contribution in [2.24, 2.45) is 5.92 Å². The van der Waals surface area contributed by atoms with E-state index in [1.807, 2.05) is 11.4 Å². The Kier molecular flexibility index (Phi) is 5.47. The summed E-state index contributed by atoms with van der Waals surface area (Å²) >= 11 is 1.38. The minimum Gasteiger partial charge on any atom is -0.353 e. The van der Waals surface area contributed by atoms with Gasteiger partial charge in [0.15, 0.2) is 0 Å². The minimum atomic E-state index is -0.124. The normalized spacial score (nSPS) is 21.2. The van der Waals surface area contributed by atoms with E-state index in [4.69, 9.17) is 0 Å². The second kappa shape index (κ2) is 8.16. The zero-order chi connectivity index (χ0) is 18.6. The molecule has 1 aliphatic heterocycles. The molecule has 1 atom stereocenters. The third-order valence-corrected chi connectivity index (χ3v) is 6.36. The molecule has 1 unspecified atom stereocenters. The van der Waals surface area contributed by atoms with Gasteiger partial charge in [-0.15, -0.1) is 16.4 Å². The lowest BCUT2D eigenvalue weighted by molar-refractivity contribution is -0.127. The molecule has 9 heteroatoms. The summed E-state index contributed by atoms with van der Waals surface area (Å²) in [4.78, 5) is 28.2. The largest absolute Gasteiger partial charge is 0.353 e. The monoisotopic (exact) mass is 388 g/mol. The summed E-state index contributed by atoms with van der Waals surface area (Å²) in [5.41, 5.74) is 0.684. The van der Waals surface area contributed by atoms with E-state index in [-0.39, 0.29) is 17.7 Å². The number of nitrogens with zero attached hydrogens (tertiary/aromatic N) is 5. The topological polar surface area (TPSA) is 93.0 Å². The Morgan fingerprint density at radius 1 is 1.15 bits per heavy atom. The second-order valence-corrected chi connectivity index (χ2v) is 8.24. The number of tetrazole rings is 1. The van der Waals surface area contributed by atoms with Crippen molar-refractivity contribution in [2.75, 3.05) is 13.1 Å². The molecule has 4 rings (SSSR count). The third-order valence-electron chi connectivity index (χ3n) is 5.47. The Balaban J connectivity index is 1.41. The molecule has 1 N–H and O–H groups in total.